The first kappa shape index (κ1) is 12.9. The summed E-state index contributed by atoms with van der Waals surface area (Å²) in [6.07, 6.45) is 2.81. The van der Waals surface area contributed by atoms with Gasteiger partial charge in [0, 0.05) is 23.8 Å². The van der Waals surface area contributed by atoms with E-state index >= 15 is 0 Å². The molecule has 1 saturated heterocycles. The SMILES string of the molecule is CC(O)(CC1CCOCC1)c1ccccc1Cl. The highest BCUT2D eigenvalue weighted by Gasteiger charge is 2.29. The van der Waals surface area contributed by atoms with Gasteiger partial charge < -0.3 is 9.84 Å². The molecule has 2 rings (SSSR count). The molecule has 1 N–H and O–H groups in total. The van der Waals surface area contributed by atoms with Crippen molar-refractivity contribution in [3.63, 3.8) is 0 Å². The number of rotatable bonds is 3. The van der Waals surface area contributed by atoms with E-state index in [4.69, 9.17) is 16.3 Å². The van der Waals surface area contributed by atoms with Crippen molar-refractivity contribution in [2.75, 3.05) is 13.2 Å². The van der Waals surface area contributed by atoms with Gasteiger partial charge in [0.2, 0.25) is 0 Å². The van der Waals surface area contributed by atoms with Crippen molar-refractivity contribution in [3.05, 3.63) is 34.9 Å². The zero-order chi connectivity index (χ0) is 12.3. The minimum Gasteiger partial charge on any atom is -0.385 e. The summed E-state index contributed by atoms with van der Waals surface area (Å²) >= 11 is 6.14. The quantitative estimate of drug-likeness (QED) is 0.896. The first-order chi connectivity index (χ1) is 8.09. The maximum absolute atomic E-state index is 10.6. The fourth-order valence-electron chi connectivity index (χ4n) is 2.52. The van der Waals surface area contributed by atoms with E-state index in [1.54, 1.807) is 0 Å². The molecule has 0 spiro atoms. The smallest absolute Gasteiger partial charge is 0.0885 e. The molecule has 1 aromatic carbocycles. The van der Waals surface area contributed by atoms with Crippen LogP contribution in [0.3, 0.4) is 0 Å². The van der Waals surface area contributed by atoms with E-state index in [0.29, 0.717) is 10.9 Å². The van der Waals surface area contributed by atoms with Crippen LogP contribution in [-0.4, -0.2) is 18.3 Å². The van der Waals surface area contributed by atoms with Crippen LogP contribution in [0.4, 0.5) is 0 Å². The van der Waals surface area contributed by atoms with Crippen LogP contribution >= 0.6 is 11.6 Å². The normalized spacial score (nSPS) is 21.1. The number of hydrogen-bond donors (Lipinski definition) is 1. The number of benzene rings is 1. The lowest BCUT2D eigenvalue weighted by Gasteiger charge is -2.31. The lowest BCUT2D eigenvalue weighted by Crippen LogP contribution is -2.28. The standard InChI is InChI=1S/C14H19ClO2/c1-14(16,10-11-6-8-17-9-7-11)12-4-2-3-5-13(12)15/h2-5,11,16H,6-10H2,1H3. The first-order valence-corrected chi connectivity index (χ1v) is 6.52. The molecular weight excluding hydrogens is 236 g/mol. The Kier molecular flexibility index (Phi) is 4.08. The van der Waals surface area contributed by atoms with Gasteiger partial charge in [-0.2, -0.15) is 0 Å². The molecule has 3 heteroatoms. The Hall–Kier alpha value is -0.570. The Labute approximate surface area is 108 Å². The molecule has 1 heterocycles. The van der Waals surface area contributed by atoms with Crippen molar-refractivity contribution in [2.24, 2.45) is 5.92 Å². The Balaban J connectivity index is 2.10. The molecule has 1 aliphatic heterocycles. The van der Waals surface area contributed by atoms with Gasteiger partial charge in [-0.05, 0) is 38.2 Å². The maximum atomic E-state index is 10.6. The minimum atomic E-state index is -0.847. The topological polar surface area (TPSA) is 29.5 Å². The molecule has 1 aliphatic rings. The second kappa shape index (κ2) is 5.38. The third-order valence-electron chi connectivity index (χ3n) is 3.48. The van der Waals surface area contributed by atoms with Crippen molar-refractivity contribution < 1.29 is 9.84 Å². The largest absolute Gasteiger partial charge is 0.385 e. The predicted molar refractivity (Wildman–Crippen MR) is 69.2 cm³/mol. The average Bonchev–Trinajstić information content (AvgIpc) is 2.30. The van der Waals surface area contributed by atoms with Crippen LogP contribution in [0.1, 0.15) is 31.7 Å². The number of ether oxygens (including phenoxy) is 1. The fourth-order valence-corrected chi connectivity index (χ4v) is 2.86. The molecule has 17 heavy (non-hydrogen) atoms. The van der Waals surface area contributed by atoms with E-state index in [1.807, 2.05) is 31.2 Å². The Morgan fingerprint density at radius 3 is 2.65 bits per heavy atom. The molecule has 0 aliphatic carbocycles. The zero-order valence-electron chi connectivity index (χ0n) is 10.2. The van der Waals surface area contributed by atoms with Gasteiger partial charge in [0.1, 0.15) is 0 Å². The molecule has 1 unspecified atom stereocenters. The van der Waals surface area contributed by atoms with Crippen LogP contribution in [0.15, 0.2) is 24.3 Å². The van der Waals surface area contributed by atoms with E-state index in [-0.39, 0.29) is 0 Å². The first-order valence-electron chi connectivity index (χ1n) is 6.15. The zero-order valence-corrected chi connectivity index (χ0v) is 10.9. The van der Waals surface area contributed by atoms with E-state index in [1.165, 1.54) is 0 Å². The maximum Gasteiger partial charge on any atom is 0.0885 e. The highest BCUT2D eigenvalue weighted by molar-refractivity contribution is 6.31. The summed E-state index contributed by atoms with van der Waals surface area (Å²) in [7, 11) is 0. The van der Waals surface area contributed by atoms with Crippen LogP contribution in [0.5, 0.6) is 0 Å². The van der Waals surface area contributed by atoms with Gasteiger partial charge in [0.15, 0.2) is 0 Å². The highest BCUT2D eigenvalue weighted by Crippen LogP contribution is 2.35. The highest BCUT2D eigenvalue weighted by atomic mass is 35.5. The van der Waals surface area contributed by atoms with Crippen LogP contribution in [0, 0.1) is 5.92 Å². The van der Waals surface area contributed by atoms with Crippen LogP contribution in [0.25, 0.3) is 0 Å². The number of halogens is 1. The van der Waals surface area contributed by atoms with Crippen LogP contribution in [-0.2, 0) is 10.3 Å². The van der Waals surface area contributed by atoms with Gasteiger partial charge in [0.25, 0.3) is 0 Å². The van der Waals surface area contributed by atoms with Crippen molar-refractivity contribution in [1.29, 1.82) is 0 Å². The third-order valence-corrected chi connectivity index (χ3v) is 3.81. The van der Waals surface area contributed by atoms with Crippen molar-refractivity contribution in [1.82, 2.24) is 0 Å². The van der Waals surface area contributed by atoms with Crippen molar-refractivity contribution in [2.45, 2.75) is 31.8 Å². The minimum absolute atomic E-state index is 0.523. The molecular formula is C14H19ClO2. The van der Waals surface area contributed by atoms with E-state index in [2.05, 4.69) is 0 Å². The van der Waals surface area contributed by atoms with E-state index in [9.17, 15) is 5.11 Å². The molecule has 0 radical (unpaired) electrons. The average molecular weight is 255 g/mol. The lowest BCUT2D eigenvalue weighted by atomic mass is 9.83. The summed E-state index contributed by atoms with van der Waals surface area (Å²) in [6.45, 7) is 3.47. The van der Waals surface area contributed by atoms with Crippen molar-refractivity contribution >= 4 is 11.6 Å². The van der Waals surface area contributed by atoms with Gasteiger partial charge in [-0.3, -0.25) is 0 Å². The summed E-state index contributed by atoms with van der Waals surface area (Å²) in [5.74, 6) is 0.523. The van der Waals surface area contributed by atoms with Gasteiger partial charge in [0.05, 0.1) is 5.60 Å². The van der Waals surface area contributed by atoms with Crippen molar-refractivity contribution in [3.8, 4) is 0 Å². The fraction of sp³-hybridized carbons (Fsp3) is 0.571. The van der Waals surface area contributed by atoms with Gasteiger partial charge >= 0.3 is 0 Å². The molecule has 1 atom stereocenters. The number of hydrogen-bond acceptors (Lipinski definition) is 2. The monoisotopic (exact) mass is 254 g/mol. The molecule has 0 amide bonds. The Bertz CT molecular complexity index is 370. The van der Waals surface area contributed by atoms with Gasteiger partial charge in [-0.1, -0.05) is 29.8 Å². The van der Waals surface area contributed by atoms with Crippen LogP contribution < -0.4 is 0 Å². The second-order valence-corrected chi connectivity index (χ2v) is 5.42. The van der Waals surface area contributed by atoms with Gasteiger partial charge in [-0.15, -0.1) is 0 Å². The van der Waals surface area contributed by atoms with E-state index < -0.39 is 5.60 Å². The summed E-state index contributed by atoms with van der Waals surface area (Å²) in [5, 5.41) is 11.2. The molecule has 0 aromatic heterocycles. The van der Waals surface area contributed by atoms with E-state index in [0.717, 1.165) is 38.0 Å². The molecule has 94 valence electrons. The molecule has 0 bridgehead atoms. The van der Waals surface area contributed by atoms with Gasteiger partial charge in [-0.25, -0.2) is 0 Å². The summed E-state index contributed by atoms with van der Waals surface area (Å²) in [5.41, 5.74) is -0.0199. The predicted octanol–water partition coefficient (Wildman–Crippen LogP) is 3.36. The second-order valence-electron chi connectivity index (χ2n) is 5.01. The lowest BCUT2D eigenvalue weighted by molar-refractivity contribution is -0.00297. The summed E-state index contributed by atoms with van der Waals surface area (Å²) < 4.78 is 5.34. The Morgan fingerprint density at radius 1 is 1.35 bits per heavy atom. The van der Waals surface area contributed by atoms with Crippen LogP contribution in [0.2, 0.25) is 5.02 Å². The summed E-state index contributed by atoms with van der Waals surface area (Å²) in [4.78, 5) is 0. The molecule has 1 aromatic rings. The third kappa shape index (κ3) is 3.21. The Morgan fingerprint density at radius 2 is 2.00 bits per heavy atom. The molecule has 0 saturated carbocycles. The molecule has 2 nitrogen and oxygen atoms in total. The summed E-state index contributed by atoms with van der Waals surface area (Å²) in [6, 6.07) is 7.53. The molecule has 1 fully saturated rings. The number of aliphatic hydroxyl groups is 1.